The van der Waals surface area contributed by atoms with Crippen molar-refractivity contribution in [2.75, 3.05) is 3.93 Å². The molecule has 0 saturated carbocycles. The summed E-state index contributed by atoms with van der Waals surface area (Å²) < 4.78 is 2.15. The van der Waals surface area contributed by atoms with Crippen LogP contribution in [0, 0.1) is 6.92 Å². The van der Waals surface area contributed by atoms with Crippen molar-refractivity contribution in [2.45, 2.75) is 19.4 Å². The number of hydrogen-bond acceptors (Lipinski definition) is 2. The van der Waals surface area contributed by atoms with Gasteiger partial charge in [0.2, 0.25) is 0 Å². The largest absolute Gasteiger partial charge is 0.295 e. The zero-order valence-corrected chi connectivity index (χ0v) is 14.5. The molecular weight excluding hydrogens is 348 g/mol. The summed E-state index contributed by atoms with van der Waals surface area (Å²) in [5.74, 6) is 0. The molecule has 1 atom stereocenters. The summed E-state index contributed by atoms with van der Waals surface area (Å²) in [6.07, 6.45) is 4.69. The maximum absolute atomic E-state index is 4.26. The van der Waals surface area contributed by atoms with Crippen molar-refractivity contribution < 1.29 is 0 Å². The molecule has 3 aromatic rings. The molecule has 1 unspecified atom stereocenters. The van der Waals surface area contributed by atoms with Gasteiger partial charge in [-0.25, -0.2) is 0 Å². The average Bonchev–Trinajstić information content (AvgIpc) is 2.60. The van der Waals surface area contributed by atoms with Gasteiger partial charge in [0, 0.05) is 6.20 Å². The third kappa shape index (κ3) is 2.55. The molecule has 0 spiro atoms. The van der Waals surface area contributed by atoms with Crippen molar-refractivity contribution >= 4 is 21.8 Å². The fourth-order valence-corrected chi connectivity index (χ4v) is 3.99. The molecule has 1 aromatic heterocycles. The monoisotopic (exact) mass is 364 g/mol. The maximum Gasteiger partial charge on any atom is 0.0912 e. The van der Waals surface area contributed by atoms with E-state index >= 15 is 0 Å². The Labute approximate surface area is 145 Å². The molecule has 0 saturated heterocycles. The van der Waals surface area contributed by atoms with Gasteiger partial charge in [0.1, 0.15) is 0 Å². The van der Waals surface area contributed by atoms with Crippen LogP contribution in [0.2, 0.25) is 0 Å². The van der Waals surface area contributed by atoms with E-state index in [0.717, 1.165) is 12.1 Å². The smallest absolute Gasteiger partial charge is 0.0912 e. The van der Waals surface area contributed by atoms with Gasteiger partial charge in [-0.1, -0.05) is 48.0 Å². The van der Waals surface area contributed by atoms with Gasteiger partial charge >= 0.3 is 0 Å². The van der Waals surface area contributed by atoms with Gasteiger partial charge in [0.05, 0.1) is 34.1 Å². The first kappa shape index (κ1) is 14.5. The van der Waals surface area contributed by atoms with Crippen molar-refractivity contribution in [2.24, 2.45) is 0 Å². The first-order valence-corrected chi connectivity index (χ1v) is 8.47. The molecule has 1 aliphatic rings. The Hall–Kier alpha value is -2.13. The molecule has 114 valence electrons. The van der Waals surface area contributed by atoms with Crippen LogP contribution in [0.3, 0.4) is 0 Å². The first-order valence-electron chi connectivity index (χ1n) is 7.76. The topological polar surface area (TPSA) is 16.1 Å². The Kier molecular flexibility index (Phi) is 3.66. The van der Waals surface area contributed by atoms with Crippen molar-refractivity contribution in [1.29, 1.82) is 0 Å². The van der Waals surface area contributed by atoms with Crippen molar-refractivity contribution in [3.8, 4) is 0 Å². The standard InChI is InChI=1S/C20H17BrN2/c1-14-8-9-16-12-15-5-2-3-7-18(15)20(19(16)11-14)23(21)17-6-4-10-22-13-17/h2-11,13,20H,12H2,1H3. The minimum atomic E-state index is 0.152. The van der Waals surface area contributed by atoms with Crippen LogP contribution in [0.4, 0.5) is 5.69 Å². The summed E-state index contributed by atoms with van der Waals surface area (Å²) in [4.78, 5) is 4.26. The molecule has 3 heteroatoms. The van der Waals surface area contributed by atoms with Gasteiger partial charge < -0.3 is 0 Å². The van der Waals surface area contributed by atoms with Crippen LogP contribution in [0.25, 0.3) is 0 Å². The predicted octanol–water partition coefficient (Wildman–Crippen LogP) is 5.20. The molecule has 4 rings (SSSR count). The van der Waals surface area contributed by atoms with Crippen LogP contribution in [0.15, 0.2) is 67.0 Å². The van der Waals surface area contributed by atoms with E-state index in [4.69, 9.17) is 0 Å². The molecule has 0 N–H and O–H groups in total. The summed E-state index contributed by atoms with van der Waals surface area (Å²) in [6, 6.07) is 19.7. The quantitative estimate of drug-likeness (QED) is 0.581. The number of rotatable bonds is 2. The fraction of sp³-hybridized carbons (Fsp3) is 0.150. The number of fused-ring (bicyclic) bond motifs is 2. The number of nitrogens with zero attached hydrogens (tertiary/aromatic N) is 2. The minimum Gasteiger partial charge on any atom is -0.295 e. The summed E-state index contributed by atoms with van der Waals surface area (Å²) in [6.45, 7) is 2.15. The summed E-state index contributed by atoms with van der Waals surface area (Å²) in [5.41, 5.74) is 7.85. The second-order valence-corrected chi connectivity index (χ2v) is 6.77. The van der Waals surface area contributed by atoms with Crippen LogP contribution < -0.4 is 3.93 Å². The van der Waals surface area contributed by atoms with E-state index in [9.17, 15) is 0 Å². The van der Waals surface area contributed by atoms with Crippen LogP contribution in [0.5, 0.6) is 0 Å². The molecule has 0 bridgehead atoms. The lowest BCUT2D eigenvalue weighted by atomic mass is 9.81. The second-order valence-electron chi connectivity index (χ2n) is 6.00. The highest BCUT2D eigenvalue weighted by Gasteiger charge is 2.29. The minimum absolute atomic E-state index is 0.152. The average molecular weight is 365 g/mol. The van der Waals surface area contributed by atoms with E-state index in [1.165, 1.54) is 27.8 Å². The fourth-order valence-electron chi connectivity index (χ4n) is 3.34. The second kappa shape index (κ2) is 5.82. The van der Waals surface area contributed by atoms with Gasteiger partial charge in [-0.15, -0.1) is 0 Å². The number of hydrogen-bond donors (Lipinski definition) is 0. The summed E-state index contributed by atoms with van der Waals surface area (Å²) in [5, 5.41) is 0. The molecule has 1 aliphatic carbocycles. The van der Waals surface area contributed by atoms with E-state index in [0.29, 0.717) is 0 Å². The molecule has 0 aliphatic heterocycles. The van der Waals surface area contributed by atoms with E-state index in [1.807, 2.05) is 12.3 Å². The Bertz CT molecular complexity index is 845. The lowest BCUT2D eigenvalue weighted by Gasteiger charge is -2.34. The molecule has 1 heterocycles. The van der Waals surface area contributed by atoms with Crippen molar-refractivity contribution in [3.63, 3.8) is 0 Å². The molecule has 2 nitrogen and oxygen atoms in total. The number of halogens is 1. The van der Waals surface area contributed by atoms with Crippen LogP contribution in [0.1, 0.15) is 33.9 Å². The van der Waals surface area contributed by atoms with Crippen LogP contribution >= 0.6 is 16.1 Å². The van der Waals surface area contributed by atoms with Crippen molar-refractivity contribution in [1.82, 2.24) is 4.98 Å². The first-order chi connectivity index (χ1) is 11.2. The number of anilines is 1. The van der Waals surface area contributed by atoms with Gasteiger partial charge in [-0.3, -0.25) is 8.91 Å². The highest BCUT2D eigenvalue weighted by Crippen LogP contribution is 2.42. The Morgan fingerprint density at radius 2 is 1.83 bits per heavy atom. The third-order valence-corrected chi connectivity index (χ3v) is 5.26. The molecule has 23 heavy (non-hydrogen) atoms. The number of pyridine rings is 1. The lowest BCUT2D eigenvalue weighted by molar-refractivity contribution is 0.815. The number of benzene rings is 2. The zero-order valence-electron chi connectivity index (χ0n) is 12.9. The zero-order chi connectivity index (χ0) is 15.8. The number of aryl methyl sites for hydroxylation is 1. The van der Waals surface area contributed by atoms with E-state index in [-0.39, 0.29) is 6.04 Å². The van der Waals surface area contributed by atoms with E-state index in [1.54, 1.807) is 6.20 Å². The molecule has 0 radical (unpaired) electrons. The highest BCUT2D eigenvalue weighted by atomic mass is 79.9. The maximum atomic E-state index is 4.26. The van der Waals surface area contributed by atoms with Crippen LogP contribution in [-0.4, -0.2) is 4.98 Å². The molecule has 0 amide bonds. The third-order valence-electron chi connectivity index (χ3n) is 4.45. The lowest BCUT2D eigenvalue weighted by Crippen LogP contribution is -2.25. The van der Waals surface area contributed by atoms with Crippen LogP contribution in [-0.2, 0) is 6.42 Å². The van der Waals surface area contributed by atoms with Gasteiger partial charge in [0.25, 0.3) is 0 Å². The number of aromatic nitrogens is 1. The Morgan fingerprint density at radius 3 is 2.65 bits per heavy atom. The highest BCUT2D eigenvalue weighted by molar-refractivity contribution is 9.10. The predicted molar refractivity (Wildman–Crippen MR) is 97.9 cm³/mol. The SMILES string of the molecule is Cc1ccc2c(c1)C(N(Br)c1cccnc1)c1ccccc1C2. The molecule has 0 fully saturated rings. The van der Waals surface area contributed by atoms with Gasteiger partial charge in [-0.05, 0) is 47.7 Å². The van der Waals surface area contributed by atoms with E-state index < -0.39 is 0 Å². The normalized spacial score (nSPS) is 15.7. The molecule has 2 aromatic carbocycles. The van der Waals surface area contributed by atoms with Crippen molar-refractivity contribution in [3.05, 3.63) is 94.8 Å². The van der Waals surface area contributed by atoms with Gasteiger partial charge in [-0.2, -0.15) is 0 Å². The Morgan fingerprint density at radius 1 is 1.00 bits per heavy atom. The van der Waals surface area contributed by atoms with E-state index in [2.05, 4.69) is 80.5 Å². The van der Waals surface area contributed by atoms with Gasteiger partial charge in [0.15, 0.2) is 0 Å². The summed E-state index contributed by atoms with van der Waals surface area (Å²) in [7, 11) is 0. The summed E-state index contributed by atoms with van der Waals surface area (Å²) >= 11 is 3.81. The molecular formula is C20H17BrN2. The Balaban J connectivity index is 1.89.